The smallest absolute Gasteiger partial charge is 0.414 e. The maximum atomic E-state index is 15.1. The second-order valence-corrected chi connectivity index (χ2v) is 9.24. The number of carbonyl (C=O) groups is 2. The third-order valence-corrected chi connectivity index (χ3v) is 6.71. The molecule has 2 fully saturated rings. The molecule has 2 aromatic rings. The Bertz CT molecular complexity index is 1160. The topological polar surface area (TPSA) is 118 Å². The van der Waals surface area contributed by atoms with Gasteiger partial charge in [0.15, 0.2) is 6.10 Å². The number of aliphatic hydroxyl groups is 1. The van der Waals surface area contributed by atoms with Gasteiger partial charge in [-0.05, 0) is 29.3 Å². The highest BCUT2D eigenvalue weighted by Crippen LogP contribution is 2.32. The summed E-state index contributed by atoms with van der Waals surface area (Å²) in [5, 5.41) is 14.0. The summed E-state index contributed by atoms with van der Waals surface area (Å²) in [6.07, 6.45) is 0.561. The number of aliphatic hydroxyl groups excluding tert-OH is 1. The Labute approximate surface area is 217 Å². The zero-order valence-corrected chi connectivity index (χ0v) is 20.6. The van der Waals surface area contributed by atoms with Crippen LogP contribution < -0.4 is 9.64 Å². The van der Waals surface area contributed by atoms with Crippen LogP contribution in [0.1, 0.15) is 12.0 Å². The number of cyclic esters (lactones) is 1. The van der Waals surface area contributed by atoms with Crippen molar-refractivity contribution in [2.24, 2.45) is 0 Å². The molecule has 3 aliphatic heterocycles. The average Bonchev–Trinajstić information content (AvgIpc) is 3.57. The fraction of sp³-hybridized carbons (Fsp3) is 0.480. The second kappa shape index (κ2) is 11.5. The van der Waals surface area contributed by atoms with Crippen molar-refractivity contribution in [3.8, 4) is 5.88 Å². The van der Waals surface area contributed by atoms with Crippen molar-refractivity contribution in [3.05, 3.63) is 47.7 Å². The molecule has 0 bridgehead atoms. The molecule has 0 spiro atoms. The zero-order valence-electron chi connectivity index (χ0n) is 20.6. The van der Waals surface area contributed by atoms with Gasteiger partial charge in [0.2, 0.25) is 0 Å². The number of ether oxygens (including phenoxy) is 3. The minimum Gasteiger partial charge on any atom is -0.471 e. The van der Waals surface area contributed by atoms with E-state index < -0.39 is 35.8 Å². The van der Waals surface area contributed by atoms with E-state index in [1.54, 1.807) is 6.08 Å². The molecule has 5 rings (SSSR count). The number of hydrogen-bond acceptors (Lipinski definition) is 9. The van der Waals surface area contributed by atoms with Crippen molar-refractivity contribution in [1.82, 2.24) is 15.0 Å². The van der Waals surface area contributed by atoms with Gasteiger partial charge in [-0.2, -0.15) is 0 Å². The third-order valence-electron chi connectivity index (χ3n) is 6.71. The van der Waals surface area contributed by atoms with E-state index in [1.165, 1.54) is 17.2 Å². The van der Waals surface area contributed by atoms with Crippen LogP contribution in [0.2, 0.25) is 0 Å². The number of aromatic nitrogens is 1. The number of halogens is 2. The first-order valence-electron chi connectivity index (χ1n) is 12.4. The fourth-order valence-electron chi connectivity index (χ4n) is 4.71. The van der Waals surface area contributed by atoms with E-state index in [9.17, 15) is 14.7 Å². The standard InChI is InChI=1S/C25H28F2N4O7/c26-19-11-17(31-13-18(38-25(31)34)15-36-22-3-8-37-28-22)12-20(27)23(19)16-1-4-30(5-2-16)24(33)21(32)14-29-6-9-35-10-7-29/h1,3,8,11-12,18,21,32H,2,4-7,9-10,13-15H2/t18-,21-/m1/s1. The van der Waals surface area contributed by atoms with E-state index in [4.69, 9.17) is 14.2 Å². The van der Waals surface area contributed by atoms with Gasteiger partial charge < -0.3 is 28.7 Å². The number of anilines is 1. The molecular formula is C25H28F2N4O7. The summed E-state index contributed by atoms with van der Waals surface area (Å²) in [7, 11) is 0. The molecule has 0 radical (unpaired) electrons. The van der Waals surface area contributed by atoms with Gasteiger partial charge >= 0.3 is 6.09 Å². The molecule has 4 heterocycles. The van der Waals surface area contributed by atoms with Crippen LogP contribution in [0.15, 0.2) is 35.1 Å². The Morgan fingerprint density at radius 2 is 1.97 bits per heavy atom. The van der Waals surface area contributed by atoms with Gasteiger partial charge in [0.05, 0.1) is 25.4 Å². The van der Waals surface area contributed by atoms with E-state index >= 15 is 8.78 Å². The predicted octanol–water partition coefficient (Wildman–Crippen LogP) is 1.67. The van der Waals surface area contributed by atoms with Crippen molar-refractivity contribution >= 4 is 23.3 Å². The first-order chi connectivity index (χ1) is 18.4. The van der Waals surface area contributed by atoms with Gasteiger partial charge in [-0.25, -0.2) is 13.6 Å². The Morgan fingerprint density at radius 3 is 2.63 bits per heavy atom. The third kappa shape index (κ3) is 5.79. The summed E-state index contributed by atoms with van der Waals surface area (Å²) in [4.78, 5) is 29.6. The van der Waals surface area contributed by atoms with Gasteiger partial charge in [0.25, 0.3) is 11.8 Å². The lowest BCUT2D eigenvalue weighted by Crippen LogP contribution is -2.48. The van der Waals surface area contributed by atoms with Crippen LogP contribution in [-0.2, 0) is 14.3 Å². The quantitative estimate of drug-likeness (QED) is 0.540. The van der Waals surface area contributed by atoms with Crippen LogP contribution in [-0.4, -0.2) is 103 Å². The molecule has 2 amide bonds. The molecule has 1 aromatic heterocycles. The van der Waals surface area contributed by atoms with Crippen molar-refractivity contribution in [2.75, 3.05) is 64.0 Å². The van der Waals surface area contributed by atoms with Crippen LogP contribution in [0.5, 0.6) is 5.88 Å². The number of carbonyl (C=O) groups excluding carboxylic acids is 2. The first-order valence-corrected chi connectivity index (χ1v) is 12.4. The monoisotopic (exact) mass is 534 g/mol. The summed E-state index contributed by atoms with van der Waals surface area (Å²) in [5.41, 5.74) is 0.242. The van der Waals surface area contributed by atoms with Crippen LogP contribution in [0.4, 0.5) is 19.3 Å². The van der Waals surface area contributed by atoms with Crippen molar-refractivity contribution < 1.29 is 42.2 Å². The predicted molar refractivity (Wildman–Crippen MR) is 128 cm³/mol. The van der Waals surface area contributed by atoms with Gasteiger partial charge in [-0.3, -0.25) is 14.6 Å². The SMILES string of the molecule is O=C([C@H](O)CN1CCOCC1)N1CC=C(c2c(F)cc(N3C[C@H](COc4ccon4)OC3=O)cc2F)CC1. The number of β-amino-alcohol motifs (C(OH)–C–C–N with tert-alkyl or cyclic N) is 1. The van der Waals surface area contributed by atoms with E-state index in [1.807, 2.05) is 4.90 Å². The highest BCUT2D eigenvalue weighted by Gasteiger charge is 2.34. The molecular weight excluding hydrogens is 506 g/mol. The number of hydrogen-bond donors (Lipinski definition) is 1. The molecule has 1 N–H and O–H groups in total. The number of morpholine rings is 1. The molecule has 2 atom stereocenters. The molecule has 13 heteroatoms. The van der Waals surface area contributed by atoms with E-state index in [2.05, 4.69) is 9.68 Å². The fourth-order valence-corrected chi connectivity index (χ4v) is 4.71. The van der Waals surface area contributed by atoms with E-state index in [0.717, 1.165) is 17.0 Å². The molecule has 0 unspecified atom stereocenters. The Morgan fingerprint density at radius 1 is 1.21 bits per heavy atom. The molecule has 11 nitrogen and oxygen atoms in total. The maximum Gasteiger partial charge on any atom is 0.414 e. The lowest BCUT2D eigenvalue weighted by Gasteiger charge is -2.32. The molecule has 2 saturated heterocycles. The molecule has 3 aliphatic rings. The number of benzene rings is 1. The minimum absolute atomic E-state index is 0.00106. The average molecular weight is 535 g/mol. The summed E-state index contributed by atoms with van der Waals surface area (Å²) >= 11 is 0. The van der Waals surface area contributed by atoms with E-state index in [0.29, 0.717) is 31.9 Å². The minimum atomic E-state index is -1.18. The van der Waals surface area contributed by atoms with Crippen molar-refractivity contribution in [2.45, 2.75) is 18.6 Å². The summed E-state index contributed by atoms with van der Waals surface area (Å²) in [5.74, 6) is -1.84. The summed E-state index contributed by atoms with van der Waals surface area (Å²) < 4.78 is 50.8. The van der Waals surface area contributed by atoms with Gasteiger partial charge in [-0.1, -0.05) is 6.08 Å². The first kappa shape index (κ1) is 26.1. The largest absolute Gasteiger partial charge is 0.471 e. The number of amides is 2. The van der Waals surface area contributed by atoms with Crippen molar-refractivity contribution in [3.63, 3.8) is 0 Å². The Hall–Kier alpha value is -3.55. The lowest BCUT2D eigenvalue weighted by molar-refractivity contribution is -0.141. The normalized spacial score (nSPS) is 21.3. The Kier molecular flexibility index (Phi) is 7.86. The zero-order chi connectivity index (χ0) is 26.6. The highest BCUT2D eigenvalue weighted by atomic mass is 19.1. The van der Waals surface area contributed by atoms with E-state index in [-0.39, 0.29) is 56.3 Å². The van der Waals surface area contributed by atoms with Gasteiger partial charge in [-0.15, -0.1) is 0 Å². The Balaban J connectivity index is 1.20. The molecule has 1 aromatic carbocycles. The summed E-state index contributed by atoms with van der Waals surface area (Å²) in [6, 6.07) is 3.68. The second-order valence-electron chi connectivity index (χ2n) is 9.24. The number of nitrogens with zero attached hydrogens (tertiary/aromatic N) is 4. The van der Waals surface area contributed by atoms with Crippen LogP contribution in [0, 0.1) is 11.6 Å². The van der Waals surface area contributed by atoms with Gasteiger partial charge in [0, 0.05) is 44.4 Å². The lowest BCUT2D eigenvalue weighted by atomic mass is 9.97. The van der Waals surface area contributed by atoms with Crippen LogP contribution in [0.25, 0.3) is 5.57 Å². The van der Waals surface area contributed by atoms with Crippen molar-refractivity contribution in [1.29, 1.82) is 0 Å². The van der Waals surface area contributed by atoms with Crippen LogP contribution in [0.3, 0.4) is 0 Å². The highest BCUT2D eigenvalue weighted by molar-refractivity contribution is 5.90. The molecule has 0 saturated carbocycles. The molecule has 0 aliphatic carbocycles. The van der Waals surface area contributed by atoms with Crippen LogP contribution >= 0.6 is 0 Å². The molecule has 38 heavy (non-hydrogen) atoms. The maximum absolute atomic E-state index is 15.1. The number of rotatable bonds is 8. The molecule has 204 valence electrons. The summed E-state index contributed by atoms with van der Waals surface area (Å²) in [6.45, 7) is 3.02. The van der Waals surface area contributed by atoms with Gasteiger partial charge in [0.1, 0.15) is 30.6 Å².